The molecule has 0 bridgehead atoms. The van der Waals surface area contributed by atoms with Crippen molar-refractivity contribution in [2.45, 2.75) is 51.1 Å². The molecule has 8 heteroatoms. The van der Waals surface area contributed by atoms with E-state index in [0.717, 1.165) is 49.5 Å². The number of hydrogen-bond donors (Lipinski definition) is 1. The third-order valence-corrected chi connectivity index (χ3v) is 7.48. The highest BCUT2D eigenvalue weighted by molar-refractivity contribution is 6.42. The highest BCUT2D eigenvalue weighted by Gasteiger charge is 2.33. The fraction of sp³-hybridized carbons (Fsp3) is 0.500. The molecule has 0 spiro atoms. The summed E-state index contributed by atoms with van der Waals surface area (Å²) < 4.78 is 1.98. The van der Waals surface area contributed by atoms with Gasteiger partial charge in [-0.05, 0) is 30.4 Å². The molecule has 3 aromatic rings. The van der Waals surface area contributed by atoms with E-state index in [4.69, 9.17) is 28.2 Å². The molecule has 2 atom stereocenters. The van der Waals surface area contributed by atoms with Crippen molar-refractivity contribution in [3.63, 3.8) is 0 Å². The number of aromatic amines is 1. The molecule has 5 rings (SSSR count). The molecule has 1 N–H and O–H groups in total. The Kier molecular flexibility index (Phi) is 5.33. The summed E-state index contributed by atoms with van der Waals surface area (Å²) in [6.45, 7) is 4.67. The maximum Gasteiger partial charge on any atom is 0.262 e. The van der Waals surface area contributed by atoms with Crippen LogP contribution in [0.2, 0.25) is 10.0 Å². The van der Waals surface area contributed by atoms with Gasteiger partial charge in [0, 0.05) is 25.6 Å². The molecular formula is C22H25Cl2N5O. The first-order valence-corrected chi connectivity index (χ1v) is 11.4. The molecule has 2 aromatic heterocycles. The van der Waals surface area contributed by atoms with E-state index in [-0.39, 0.29) is 11.5 Å². The monoisotopic (exact) mass is 445 g/mol. The zero-order chi connectivity index (χ0) is 20.8. The minimum absolute atomic E-state index is 0.0946. The van der Waals surface area contributed by atoms with E-state index in [2.05, 4.69) is 21.9 Å². The molecule has 1 aromatic carbocycles. The largest absolute Gasteiger partial charge is 0.310 e. The van der Waals surface area contributed by atoms with Crippen molar-refractivity contribution in [2.75, 3.05) is 13.1 Å². The summed E-state index contributed by atoms with van der Waals surface area (Å²) in [5, 5.41) is 6.29. The summed E-state index contributed by atoms with van der Waals surface area (Å²) in [4.78, 5) is 23.1. The zero-order valence-electron chi connectivity index (χ0n) is 16.9. The molecule has 1 saturated heterocycles. The smallest absolute Gasteiger partial charge is 0.262 e. The minimum atomic E-state index is -0.0946. The van der Waals surface area contributed by atoms with Gasteiger partial charge in [0.2, 0.25) is 0 Å². The highest BCUT2D eigenvalue weighted by Crippen LogP contribution is 2.34. The van der Waals surface area contributed by atoms with Gasteiger partial charge in [0.1, 0.15) is 11.2 Å². The second kappa shape index (κ2) is 7.98. The van der Waals surface area contributed by atoms with Crippen LogP contribution >= 0.6 is 23.2 Å². The molecule has 2 fully saturated rings. The summed E-state index contributed by atoms with van der Waals surface area (Å²) in [6, 6.07) is 6.10. The third-order valence-electron chi connectivity index (χ3n) is 6.62. The SMILES string of the molecule is C[C@@H]1CN(Cc2cccc(Cl)c2Cl)C[C@H]1c1nc2c(cnn2C2CCCC2)c(=O)[nH]1. The summed E-state index contributed by atoms with van der Waals surface area (Å²) in [7, 11) is 0. The predicted octanol–water partition coefficient (Wildman–Crippen LogP) is 4.78. The lowest BCUT2D eigenvalue weighted by Gasteiger charge is -2.17. The van der Waals surface area contributed by atoms with Crippen molar-refractivity contribution in [3.8, 4) is 0 Å². The van der Waals surface area contributed by atoms with E-state index < -0.39 is 0 Å². The van der Waals surface area contributed by atoms with E-state index in [0.29, 0.717) is 27.4 Å². The maximum atomic E-state index is 12.8. The lowest BCUT2D eigenvalue weighted by Crippen LogP contribution is -2.22. The van der Waals surface area contributed by atoms with Gasteiger partial charge in [-0.15, -0.1) is 0 Å². The molecule has 30 heavy (non-hydrogen) atoms. The van der Waals surface area contributed by atoms with E-state index in [1.165, 1.54) is 12.8 Å². The summed E-state index contributed by atoms with van der Waals surface area (Å²) >= 11 is 12.6. The number of likely N-dealkylation sites (tertiary alicyclic amines) is 1. The standard InChI is InChI=1S/C22H25Cl2N5O/c1-13-10-28(11-14-5-4-8-18(23)19(14)24)12-17(13)20-26-21-16(22(30)27-20)9-25-29(21)15-6-2-3-7-15/h4-5,8-9,13,15,17H,2-3,6-7,10-12H2,1H3,(H,26,27,30)/t13-,17-/m1/s1. The van der Waals surface area contributed by atoms with Crippen molar-refractivity contribution >= 4 is 34.2 Å². The number of benzene rings is 1. The molecule has 2 aliphatic rings. The Labute approximate surface area is 185 Å². The first-order valence-electron chi connectivity index (χ1n) is 10.6. The Morgan fingerprint density at radius 2 is 2.00 bits per heavy atom. The summed E-state index contributed by atoms with van der Waals surface area (Å²) in [5.41, 5.74) is 1.65. The second-order valence-electron chi connectivity index (χ2n) is 8.71. The summed E-state index contributed by atoms with van der Waals surface area (Å²) in [5.74, 6) is 1.29. The van der Waals surface area contributed by atoms with Crippen LogP contribution in [0.4, 0.5) is 0 Å². The molecule has 1 saturated carbocycles. The molecule has 0 amide bonds. The van der Waals surface area contributed by atoms with Crippen LogP contribution in [0.5, 0.6) is 0 Å². The van der Waals surface area contributed by atoms with E-state index >= 15 is 0 Å². The van der Waals surface area contributed by atoms with Gasteiger partial charge in [0.15, 0.2) is 5.65 Å². The van der Waals surface area contributed by atoms with Crippen LogP contribution in [0.25, 0.3) is 11.0 Å². The van der Waals surface area contributed by atoms with Gasteiger partial charge in [-0.2, -0.15) is 5.10 Å². The van der Waals surface area contributed by atoms with E-state index in [9.17, 15) is 4.79 Å². The number of hydrogen-bond acceptors (Lipinski definition) is 4. The average molecular weight is 446 g/mol. The average Bonchev–Trinajstić information content (AvgIpc) is 3.45. The Morgan fingerprint density at radius 1 is 1.20 bits per heavy atom. The number of nitrogens with zero attached hydrogens (tertiary/aromatic N) is 4. The number of aromatic nitrogens is 4. The molecule has 1 aliphatic heterocycles. The first-order chi connectivity index (χ1) is 14.5. The third kappa shape index (κ3) is 3.55. The number of rotatable bonds is 4. The Morgan fingerprint density at radius 3 is 2.80 bits per heavy atom. The van der Waals surface area contributed by atoms with Crippen molar-refractivity contribution in [1.82, 2.24) is 24.6 Å². The van der Waals surface area contributed by atoms with Crippen LogP contribution in [-0.4, -0.2) is 37.7 Å². The van der Waals surface area contributed by atoms with Crippen LogP contribution in [0.1, 0.15) is 56.0 Å². The van der Waals surface area contributed by atoms with E-state index in [1.54, 1.807) is 12.3 Å². The second-order valence-corrected chi connectivity index (χ2v) is 9.49. The van der Waals surface area contributed by atoms with Gasteiger partial charge in [-0.3, -0.25) is 9.69 Å². The minimum Gasteiger partial charge on any atom is -0.310 e. The first kappa shape index (κ1) is 20.0. The van der Waals surface area contributed by atoms with Gasteiger partial charge < -0.3 is 4.98 Å². The Hall–Kier alpha value is -1.89. The normalized spacial score (nSPS) is 23.0. The van der Waals surface area contributed by atoms with Gasteiger partial charge >= 0.3 is 0 Å². The molecule has 158 valence electrons. The predicted molar refractivity (Wildman–Crippen MR) is 119 cm³/mol. The van der Waals surface area contributed by atoms with Crippen LogP contribution in [0.15, 0.2) is 29.2 Å². The fourth-order valence-corrected chi connectivity index (χ4v) is 5.39. The lowest BCUT2D eigenvalue weighted by atomic mass is 9.97. The van der Waals surface area contributed by atoms with Crippen molar-refractivity contribution in [1.29, 1.82) is 0 Å². The van der Waals surface area contributed by atoms with Gasteiger partial charge in [0.05, 0.1) is 22.3 Å². The maximum absolute atomic E-state index is 12.8. The van der Waals surface area contributed by atoms with Crippen LogP contribution < -0.4 is 5.56 Å². The zero-order valence-corrected chi connectivity index (χ0v) is 18.5. The van der Waals surface area contributed by atoms with Gasteiger partial charge in [-0.25, -0.2) is 9.67 Å². The number of H-pyrrole nitrogens is 1. The molecular weight excluding hydrogens is 421 g/mol. The highest BCUT2D eigenvalue weighted by atomic mass is 35.5. The van der Waals surface area contributed by atoms with Crippen LogP contribution in [0, 0.1) is 5.92 Å². The number of halogens is 2. The van der Waals surface area contributed by atoms with Crippen molar-refractivity contribution in [3.05, 3.63) is 56.2 Å². The summed E-state index contributed by atoms with van der Waals surface area (Å²) in [6.07, 6.45) is 6.30. The fourth-order valence-electron chi connectivity index (χ4n) is 5.01. The van der Waals surface area contributed by atoms with Crippen LogP contribution in [0.3, 0.4) is 0 Å². The van der Waals surface area contributed by atoms with Crippen molar-refractivity contribution in [2.24, 2.45) is 5.92 Å². The molecule has 1 aliphatic carbocycles. The molecule has 0 unspecified atom stereocenters. The van der Waals surface area contributed by atoms with Gasteiger partial charge in [0.25, 0.3) is 5.56 Å². The molecule has 6 nitrogen and oxygen atoms in total. The molecule has 3 heterocycles. The topological polar surface area (TPSA) is 66.8 Å². The van der Waals surface area contributed by atoms with Crippen molar-refractivity contribution < 1.29 is 0 Å². The number of fused-ring (bicyclic) bond motifs is 1. The number of nitrogens with one attached hydrogen (secondary N) is 1. The molecule has 0 radical (unpaired) electrons. The van der Waals surface area contributed by atoms with Crippen LogP contribution in [-0.2, 0) is 6.54 Å². The Bertz CT molecular complexity index is 1130. The van der Waals surface area contributed by atoms with E-state index in [1.807, 2.05) is 16.8 Å². The lowest BCUT2D eigenvalue weighted by molar-refractivity contribution is 0.318. The van der Waals surface area contributed by atoms with Gasteiger partial charge in [-0.1, -0.05) is 55.1 Å². The Balaban J connectivity index is 1.43. The quantitative estimate of drug-likeness (QED) is 0.627.